The predicted molar refractivity (Wildman–Crippen MR) is 87.1 cm³/mol. The van der Waals surface area contributed by atoms with Crippen molar-refractivity contribution in [1.29, 1.82) is 0 Å². The fraction of sp³-hybridized carbons (Fsp3) is 0.667. The van der Waals surface area contributed by atoms with Crippen molar-refractivity contribution in [3.05, 3.63) is 26.7 Å². The number of nitrogens with zero attached hydrogens (tertiary/aromatic N) is 4. The first-order chi connectivity index (χ1) is 10.3. The molecular formula is C15H25N5O2. The van der Waals surface area contributed by atoms with E-state index in [0.29, 0.717) is 30.0 Å². The highest BCUT2D eigenvalue weighted by Gasteiger charge is 2.20. The van der Waals surface area contributed by atoms with Gasteiger partial charge in [-0.1, -0.05) is 20.8 Å². The molecule has 22 heavy (non-hydrogen) atoms. The van der Waals surface area contributed by atoms with E-state index < -0.39 is 0 Å². The van der Waals surface area contributed by atoms with Gasteiger partial charge in [0.05, 0.1) is 0 Å². The molecule has 2 heterocycles. The number of nitrogens with two attached hydrogens (primary N) is 1. The van der Waals surface area contributed by atoms with Crippen molar-refractivity contribution >= 4 is 11.2 Å². The van der Waals surface area contributed by atoms with Crippen molar-refractivity contribution in [3.8, 4) is 0 Å². The molecule has 0 bridgehead atoms. The summed E-state index contributed by atoms with van der Waals surface area (Å²) >= 11 is 0. The van der Waals surface area contributed by atoms with E-state index in [-0.39, 0.29) is 29.8 Å². The van der Waals surface area contributed by atoms with Crippen LogP contribution in [-0.4, -0.2) is 24.7 Å². The third-order valence-corrected chi connectivity index (χ3v) is 3.95. The second-order valence-electron chi connectivity index (χ2n) is 6.26. The molecule has 2 rings (SSSR count). The normalized spacial score (nSPS) is 13.2. The molecule has 0 aliphatic heterocycles. The number of fused-ring (bicyclic) bond motifs is 1. The first-order valence-corrected chi connectivity index (χ1v) is 7.70. The van der Waals surface area contributed by atoms with Gasteiger partial charge in [-0.25, -0.2) is 9.78 Å². The Morgan fingerprint density at radius 3 is 2.36 bits per heavy atom. The molecule has 2 N–H and O–H groups in total. The first-order valence-electron chi connectivity index (χ1n) is 7.70. The third kappa shape index (κ3) is 2.72. The van der Waals surface area contributed by atoms with Crippen LogP contribution >= 0.6 is 0 Å². The number of imidazole rings is 1. The van der Waals surface area contributed by atoms with Crippen LogP contribution in [0.4, 0.5) is 0 Å². The van der Waals surface area contributed by atoms with Crippen molar-refractivity contribution in [2.75, 3.05) is 0 Å². The molecule has 0 saturated heterocycles. The molecule has 0 amide bonds. The Kier molecular flexibility index (Phi) is 4.55. The highest BCUT2D eigenvalue weighted by molar-refractivity contribution is 5.70. The summed E-state index contributed by atoms with van der Waals surface area (Å²) in [4.78, 5) is 29.8. The maximum atomic E-state index is 12.7. The average Bonchev–Trinajstić information content (AvgIpc) is 2.75. The van der Waals surface area contributed by atoms with E-state index in [0.717, 1.165) is 0 Å². The van der Waals surface area contributed by atoms with Gasteiger partial charge < -0.3 is 10.3 Å². The Balaban J connectivity index is 2.83. The molecule has 2 aromatic rings. The number of aryl methyl sites for hydroxylation is 2. The zero-order chi connectivity index (χ0) is 16.6. The van der Waals surface area contributed by atoms with E-state index in [1.807, 2.05) is 27.7 Å². The smallest absolute Gasteiger partial charge is 0.326 e. The summed E-state index contributed by atoms with van der Waals surface area (Å²) in [6.07, 6.45) is 0.707. The molecule has 0 aromatic carbocycles. The number of aromatic nitrogens is 4. The van der Waals surface area contributed by atoms with Crippen LogP contribution in [0, 0.1) is 12.8 Å². The first kappa shape index (κ1) is 16.5. The van der Waals surface area contributed by atoms with Gasteiger partial charge in [0.25, 0.3) is 5.56 Å². The molecule has 2 aromatic heterocycles. The Morgan fingerprint density at radius 1 is 1.18 bits per heavy atom. The van der Waals surface area contributed by atoms with Gasteiger partial charge in [-0.15, -0.1) is 0 Å². The van der Waals surface area contributed by atoms with Crippen LogP contribution in [-0.2, 0) is 20.1 Å². The maximum absolute atomic E-state index is 12.7. The van der Waals surface area contributed by atoms with Crippen LogP contribution in [0.25, 0.3) is 11.2 Å². The monoisotopic (exact) mass is 307 g/mol. The van der Waals surface area contributed by atoms with Crippen molar-refractivity contribution in [3.63, 3.8) is 0 Å². The summed E-state index contributed by atoms with van der Waals surface area (Å²) in [7, 11) is 1.79. The van der Waals surface area contributed by atoms with E-state index in [1.165, 1.54) is 4.57 Å². The minimum absolute atomic E-state index is 0.218. The Labute approximate surface area is 129 Å². The highest BCUT2D eigenvalue weighted by atomic mass is 16.2. The Hall–Kier alpha value is -1.89. The van der Waals surface area contributed by atoms with E-state index in [4.69, 9.17) is 5.73 Å². The standard InChI is InChI=1S/C15H25N5O2/c1-6-11(16)8-20-14(21)12-13(17-10(4)18(12)5)19(15(20)22)7-9(2)3/h9,11H,6-8,16H2,1-5H3. The lowest BCUT2D eigenvalue weighted by atomic mass is 10.2. The molecule has 122 valence electrons. The summed E-state index contributed by atoms with van der Waals surface area (Å²) in [5.74, 6) is 0.982. The summed E-state index contributed by atoms with van der Waals surface area (Å²) < 4.78 is 4.58. The van der Waals surface area contributed by atoms with Crippen molar-refractivity contribution in [2.45, 2.75) is 53.2 Å². The minimum Gasteiger partial charge on any atom is -0.326 e. The van der Waals surface area contributed by atoms with E-state index >= 15 is 0 Å². The van der Waals surface area contributed by atoms with Gasteiger partial charge in [0.2, 0.25) is 0 Å². The second kappa shape index (κ2) is 6.08. The maximum Gasteiger partial charge on any atom is 0.332 e. The van der Waals surface area contributed by atoms with Crippen LogP contribution in [0.5, 0.6) is 0 Å². The molecule has 0 radical (unpaired) electrons. The van der Waals surface area contributed by atoms with Crippen molar-refractivity contribution < 1.29 is 0 Å². The molecule has 7 nitrogen and oxygen atoms in total. The summed E-state index contributed by atoms with van der Waals surface area (Å²) in [5, 5.41) is 0. The molecule has 0 aliphatic carbocycles. The molecule has 0 aliphatic rings. The van der Waals surface area contributed by atoms with Gasteiger partial charge in [-0.2, -0.15) is 0 Å². The second-order valence-corrected chi connectivity index (χ2v) is 6.26. The van der Waals surface area contributed by atoms with Gasteiger partial charge in [0, 0.05) is 26.2 Å². The largest absolute Gasteiger partial charge is 0.332 e. The lowest BCUT2D eigenvalue weighted by Gasteiger charge is -2.15. The van der Waals surface area contributed by atoms with Gasteiger partial charge >= 0.3 is 5.69 Å². The molecule has 1 unspecified atom stereocenters. The van der Waals surface area contributed by atoms with E-state index in [1.54, 1.807) is 16.2 Å². The van der Waals surface area contributed by atoms with Crippen LogP contribution in [0.1, 0.15) is 33.0 Å². The Bertz CT molecular complexity index is 797. The summed E-state index contributed by atoms with van der Waals surface area (Å²) in [6.45, 7) is 8.57. The number of rotatable bonds is 5. The minimum atomic E-state index is -0.326. The lowest BCUT2D eigenvalue weighted by molar-refractivity contribution is 0.460. The zero-order valence-corrected chi connectivity index (χ0v) is 14.0. The molecule has 7 heteroatoms. The number of hydrogen-bond donors (Lipinski definition) is 1. The summed E-state index contributed by atoms with van der Waals surface area (Å²) in [6, 6.07) is -0.218. The van der Waals surface area contributed by atoms with Gasteiger partial charge in [-0.3, -0.25) is 13.9 Å². The number of hydrogen-bond acceptors (Lipinski definition) is 4. The van der Waals surface area contributed by atoms with Crippen LogP contribution in [0.3, 0.4) is 0 Å². The molecule has 0 saturated carbocycles. The molecular weight excluding hydrogens is 282 g/mol. The SMILES string of the molecule is CCC(N)Cn1c(=O)c2c(nc(C)n2C)n(CC(C)C)c1=O. The van der Waals surface area contributed by atoms with Gasteiger partial charge in [-0.05, 0) is 19.3 Å². The van der Waals surface area contributed by atoms with Crippen LogP contribution in [0.2, 0.25) is 0 Å². The molecule has 0 fully saturated rings. The van der Waals surface area contributed by atoms with Gasteiger partial charge in [0.1, 0.15) is 5.82 Å². The quantitative estimate of drug-likeness (QED) is 0.876. The Morgan fingerprint density at radius 2 is 1.82 bits per heavy atom. The average molecular weight is 307 g/mol. The molecule has 0 spiro atoms. The van der Waals surface area contributed by atoms with Crippen LogP contribution in [0.15, 0.2) is 9.59 Å². The van der Waals surface area contributed by atoms with Gasteiger partial charge in [0.15, 0.2) is 11.2 Å². The third-order valence-electron chi connectivity index (χ3n) is 3.95. The topological polar surface area (TPSA) is 87.8 Å². The van der Waals surface area contributed by atoms with E-state index in [2.05, 4.69) is 4.98 Å². The van der Waals surface area contributed by atoms with Crippen LogP contribution < -0.4 is 17.0 Å². The fourth-order valence-electron chi connectivity index (χ4n) is 2.53. The zero-order valence-electron chi connectivity index (χ0n) is 14.0. The predicted octanol–water partition coefficient (Wildman–Crippen LogP) is 0.598. The molecule has 1 atom stereocenters. The van der Waals surface area contributed by atoms with E-state index in [9.17, 15) is 9.59 Å². The fourth-order valence-corrected chi connectivity index (χ4v) is 2.53. The summed E-state index contributed by atoms with van der Waals surface area (Å²) in [5.41, 5.74) is 6.23. The lowest BCUT2D eigenvalue weighted by Crippen LogP contribution is -2.44. The van der Waals surface area contributed by atoms with Crippen molar-refractivity contribution in [1.82, 2.24) is 18.7 Å². The van der Waals surface area contributed by atoms with Crippen molar-refractivity contribution in [2.24, 2.45) is 18.7 Å². The highest BCUT2D eigenvalue weighted by Crippen LogP contribution is 2.10.